The van der Waals surface area contributed by atoms with Crippen LogP contribution in [0.15, 0.2) is 0 Å². The molecule has 3 heterocycles. The van der Waals surface area contributed by atoms with Crippen LogP contribution in [0.4, 0.5) is 0 Å². The van der Waals surface area contributed by atoms with E-state index < -0.39 is 17.8 Å². The molecule has 1 amide bonds. The van der Waals surface area contributed by atoms with Crippen molar-refractivity contribution in [1.82, 2.24) is 4.90 Å². The molecular formula is C12H17N2O4. The molecule has 6 nitrogen and oxygen atoms in total. The first kappa shape index (κ1) is 11.9. The number of carbonyl (C=O) groups is 2. The second-order valence-electron chi connectivity index (χ2n) is 5.24. The normalized spacial score (nSPS) is 39.0. The van der Waals surface area contributed by atoms with Crippen LogP contribution in [0.2, 0.25) is 0 Å². The number of amides is 1. The van der Waals surface area contributed by atoms with E-state index in [4.69, 9.17) is 4.74 Å². The molecular weight excluding hydrogens is 236 g/mol. The number of carboxylic acid groups (broad SMARTS) is 1. The molecule has 4 atom stereocenters. The third-order valence-corrected chi connectivity index (χ3v) is 4.26. The third kappa shape index (κ3) is 1.80. The van der Waals surface area contributed by atoms with Gasteiger partial charge in [-0.3, -0.25) is 4.79 Å². The highest BCUT2D eigenvalue weighted by molar-refractivity contribution is 5.86. The number of ether oxygens (including phenoxy) is 1. The summed E-state index contributed by atoms with van der Waals surface area (Å²) in [4.78, 5) is 25.4. The van der Waals surface area contributed by atoms with E-state index in [1.807, 2.05) is 0 Å². The van der Waals surface area contributed by atoms with Gasteiger partial charge < -0.3 is 19.5 Å². The molecule has 3 aliphatic rings. The van der Waals surface area contributed by atoms with Crippen molar-refractivity contribution < 1.29 is 24.7 Å². The van der Waals surface area contributed by atoms with Crippen molar-refractivity contribution >= 4 is 11.9 Å². The second kappa shape index (κ2) is 4.51. The average Bonchev–Trinajstić information content (AvgIpc) is 2.99. The Bertz CT molecular complexity index is 367. The van der Waals surface area contributed by atoms with E-state index in [1.165, 1.54) is 0 Å². The first-order valence-corrected chi connectivity index (χ1v) is 6.54. The van der Waals surface area contributed by atoms with Gasteiger partial charge in [0.05, 0.1) is 31.2 Å². The molecule has 0 spiro atoms. The molecule has 2 bridgehead atoms. The van der Waals surface area contributed by atoms with Crippen LogP contribution < -0.4 is 10.4 Å². The van der Waals surface area contributed by atoms with Crippen LogP contribution in [-0.2, 0) is 14.3 Å². The standard InChI is InChI=1S/C12H18N2O4/c15-11(14-5-3-13-4-6-14)9-7-1-2-8(18-7)10(9)12(16)17/h7-10,13H,1-6H2,(H,16,17)/q+1/p-1/t7-,8+,9?,10?/m1/s1. The van der Waals surface area contributed by atoms with Gasteiger partial charge in [0.25, 0.3) is 0 Å². The molecule has 3 rings (SSSR count). The van der Waals surface area contributed by atoms with Crippen LogP contribution >= 0.6 is 0 Å². The van der Waals surface area contributed by atoms with E-state index in [0.717, 1.165) is 25.9 Å². The van der Waals surface area contributed by atoms with Crippen molar-refractivity contribution in [3.8, 4) is 0 Å². The molecule has 3 aliphatic heterocycles. The van der Waals surface area contributed by atoms with Gasteiger partial charge in [0.2, 0.25) is 5.91 Å². The summed E-state index contributed by atoms with van der Waals surface area (Å²) >= 11 is 0. The SMILES string of the molecule is O=C([O-])C1C(C(=O)N2CC[NH+]CC2)[C@H]2CC[C@@H]1O2. The van der Waals surface area contributed by atoms with Gasteiger partial charge in [-0.2, -0.15) is 5.32 Å². The molecule has 0 saturated carbocycles. The maximum atomic E-state index is 12.4. The molecule has 1 N–H and O–H groups in total. The van der Waals surface area contributed by atoms with Crippen molar-refractivity contribution in [3.63, 3.8) is 0 Å². The van der Waals surface area contributed by atoms with E-state index in [9.17, 15) is 14.7 Å². The van der Waals surface area contributed by atoms with Crippen molar-refractivity contribution in [3.05, 3.63) is 0 Å². The van der Waals surface area contributed by atoms with E-state index in [2.05, 4.69) is 5.32 Å². The lowest BCUT2D eigenvalue weighted by atomic mass is 9.78. The maximum Gasteiger partial charge on any atom is 0.229 e. The highest BCUT2D eigenvalue weighted by atomic mass is 16.5. The molecule has 99 valence electrons. The van der Waals surface area contributed by atoms with E-state index in [0.29, 0.717) is 13.1 Å². The predicted molar refractivity (Wildman–Crippen MR) is 57.2 cm³/mol. The number of rotatable bonds is 2. The van der Waals surface area contributed by atoms with Crippen molar-refractivity contribution in [1.29, 1.82) is 0 Å². The lowest BCUT2D eigenvalue weighted by Crippen LogP contribution is -2.90. The number of carbonyl (C=O) groups excluding carboxylic acids is 2. The van der Waals surface area contributed by atoms with Gasteiger partial charge in [-0.25, -0.2) is 0 Å². The van der Waals surface area contributed by atoms with Gasteiger partial charge in [0.1, 0.15) is 13.1 Å². The van der Waals surface area contributed by atoms with Crippen LogP contribution in [0.3, 0.4) is 0 Å². The molecule has 18 heavy (non-hydrogen) atoms. The average molecular weight is 253 g/mol. The quantitative estimate of drug-likeness (QED) is 0.559. The zero-order valence-corrected chi connectivity index (χ0v) is 10.1. The van der Waals surface area contributed by atoms with Gasteiger partial charge in [-0.1, -0.05) is 0 Å². The Balaban J connectivity index is 1.77. The zero-order valence-electron chi connectivity index (χ0n) is 10.1. The Kier molecular flexibility index (Phi) is 2.99. The Morgan fingerprint density at radius 2 is 1.72 bits per heavy atom. The number of piperazine rings is 1. The van der Waals surface area contributed by atoms with Crippen molar-refractivity contribution in [2.45, 2.75) is 25.0 Å². The van der Waals surface area contributed by atoms with Crippen LogP contribution in [0.5, 0.6) is 0 Å². The van der Waals surface area contributed by atoms with E-state index in [-0.39, 0.29) is 18.1 Å². The topological polar surface area (TPSA) is 85.3 Å². The summed E-state index contributed by atoms with van der Waals surface area (Å²) < 4.78 is 5.59. The molecule has 0 aromatic rings. The molecule has 1 radical (unpaired) electrons. The molecule has 3 fully saturated rings. The number of nitrogens with zero attached hydrogens (tertiary/aromatic N) is 1. The van der Waals surface area contributed by atoms with E-state index in [1.54, 1.807) is 4.90 Å². The van der Waals surface area contributed by atoms with Gasteiger partial charge in [-0.05, 0) is 12.8 Å². The Labute approximate surface area is 105 Å². The molecule has 0 aromatic carbocycles. The van der Waals surface area contributed by atoms with Gasteiger partial charge in [0.15, 0.2) is 0 Å². The fourth-order valence-electron chi connectivity index (χ4n) is 3.39. The molecule has 3 saturated heterocycles. The minimum Gasteiger partial charge on any atom is -0.550 e. The first-order chi connectivity index (χ1) is 8.68. The maximum absolute atomic E-state index is 12.4. The summed E-state index contributed by atoms with van der Waals surface area (Å²) in [7, 11) is 0. The zero-order chi connectivity index (χ0) is 12.7. The largest absolute Gasteiger partial charge is 0.550 e. The highest BCUT2D eigenvalue weighted by Crippen LogP contribution is 2.44. The molecule has 0 aliphatic carbocycles. The monoisotopic (exact) mass is 253 g/mol. The summed E-state index contributed by atoms with van der Waals surface area (Å²) in [5.41, 5.74) is 0. The Morgan fingerprint density at radius 1 is 1.11 bits per heavy atom. The third-order valence-electron chi connectivity index (χ3n) is 4.26. The number of aliphatic carboxylic acids is 1. The summed E-state index contributed by atoms with van der Waals surface area (Å²) in [6.45, 7) is 2.83. The minimum absolute atomic E-state index is 0.0714. The lowest BCUT2D eigenvalue weighted by molar-refractivity contribution is -0.662. The fraction of sp³-hybridized carbons (Fsp3) is 0.833. The molecule has 0 aromatic heterocycles. The van der Waals surface area contributed by atoms with Crippen molar-refractivity contribution in [2.24, 2.45) is 11.8 Å². The predicted octanol–water partition coefficient (Wildman–Crippen LogP) is -3.28. The van der Waals surface area contributed by atoms with Crippen LogP contribution in [0, 0.1) is 11.8 Å². The summed E-state index contributed by atoms with van der Waals surface area (Å²) in [5.74, 6) is -2.51. The summed E-state index contributed by atoms with van der Waals surface area (Å²) in [5, 5.41) is 14.4. The number of fused-ring (bicyclic) bond motifs is 2. The van der Waals surface area contributed by atoms with Gasteiger partial charge >= 0.3 is 0 Å². The van der Waals surface area contributed by atoms with E-state index >= 15 is 0 Å². The van der Waals surface area contributed by atoms with Crippen LogP contribution in [0.25, 0.3) is 0 Å². The number of nitrogens with one attached hydrogen (secondary N) is 1. The second-order valence-corrected chi connectivity index (χ2v) is 5.24. The molecule has 6 heteroatoms. The smallest absolute Gasteiger partial charge is 0.229 e. The number of carboxylic acids is 1. The van der Waals surface area contributed by atoms with Gasteiger partial charge in [0, 0.05) is 11.9 Å². The lowest BCUT2D eigenvalue weighted by Gasteiger charge is -2.33. The first-order valence-electron chi connectivity index (χ1n) is 6.54. The highest BCUT2D eigenvalue weighted by Gasteiger charge is 2.53. The molecule has 2 unspecified atom stereocenters. The Hall–Kier alpha value is -1.14. The number of hydrogen-bond acceptors (Lipinski definition) is 5. The summed E-state index contributed by atoms with van der Waals surface area (Å²) in [6.07, 6.45) is 0.975. The number of hydrogen-bond donors (Lipinski definition) is 1. The van der Waals surface area contributed by atoms with Crippen molar-refractivity contribution in [2.75, 3.05) is 26.2 Å². The van der Waals surface area contributed by atoms with Gasteiger partial charge in [-0.15, -0.1) is 0 Å². The minimum atomic E-state index is -1.14. The Morgan fingerprint density at radius 3 is 2.33 bits per heavy atom. The summed E-state index contributed by atoms with van der Waals surface area (Å²) in [6, 6.07) is 0. The fourth-order valence-corrected chi connectivity index (χ4v) is 3.39. The van der Waals surface area contributed by atoms with Crippen LogP contribution in [0.1, 0.15) is 12.8 Å². The van der Waals surface area contributed by atoms with Crippen LogP contribution in [-0.4, -0.2) is 55.2 Å².